The zero-order chi connectivity index (χ0) is 18.9. The average molecular weight is 394 g/mol. The van der Waals surface area contributed by atoms with Gasteiger partial charge in [-0.25, -0.2) is 12.7 Å². The van der Waals surface area contributed by atoms with Crippen LogP contribution in [0.4, 0.5) is 0 Å². The summed E-state index contributed by atoms with van der Waals surface area (Å²) in [6, 6.07) is 9.03. The van der Waals surface area contributed by atoms with Crippen LogP contribution in [0.5, 0.6) is 0 Å². The maximum Gasteiger partial charge on any atom is 0.253 e. The molecule has 0 aliphatic carbocycles. The van der Waals surface area contributed by atoms with E-state index in [1.165, 1.54) is 0 Å². The largest absolute Gasteiger partial charge is 0.379 e. The molecule has 1 aromatic carbocycles. The van der Waals surface area contributed by atoms with Crippen molar-refractivity contribution < 1.29 is 17.9 Å². The summed E-state index contributed by atoms with van der Waals surface area (Å²) in [7, 11) is -3.33. The fraction of sp³-hybridized carbons (Fsp3) is 0.632. The van der Waals surface area contributed by atoms with Gasteiger partial charge in [0, 0.05) is 51.4 Å². The van der Waals surface area contributed by atoms with Gasteiger partial charge >= 0.3 is 0 Å². The summed E-state index contributed by atoms with van der Waals surface area (Å²) >= 11 is 0. The first-order valence-electron chi connectivity index (χ1n) is 9.67. The number of benzene rings is 1. The van der Waals surface area contributed by atoms with Crippen LogP contribution < -0.4 is 0 Å². The number of hydrogen-bond donors (Lipinski definition) is 0. The lowest BCUT2D eigenvalue weighted by Gasteiger charge is -2.40. The molecule has 3 saturated heterocycles. The van der Waals surface area contributed by atoms with Crippen molar-refractivity contribution in [2.45, 2.75) is 11.7 Å². The summed E-state index contributed by atoms with van der Waals surface area (Å²) in [6.07, 6.45) is 0.913. The van der Waals surface area contributed by atoms with E-state index in [1.807, 2.05) is 18.2 Å². The second kappa shape index (κ2) is 7.87. The van der Waals surface area contributed by atoms with Gasteiger partial charge in [-0.2, -0.15) is 0 Å². The number of morpholine rings is 1. The van der Waals surface area contributed by atoms with Crippen molar-refractivity contribution in [1.29, 1.82) is 0 Å². The molecule has 0 radical (unpaired) electrons. The van der Waals surface area contributed by atoms with Crippen molar-refractivity contribution in [2.24, 2.45) is 5.92 Å². The monoisotopic (exact) mass is 393 g/mol. The molecule has 1 amide bonds. The summed E-state index contributed by atoms with van der Waals surface area (Å²) in [4.78, 5) is 16.4. The Bertz CT molecular complexity index is 758. The maximum atomic E-state index is 12.9. The highest BCUT2D eigenvalue weighted by molar-refractivity contribution is 7.89. The molecule has 0 N–H and O–H groups in total. The zero-order valence-electron chi connectivity index (χ0n) is 15.5. The van der Waals surface area contributed by atoms with Crippen LogP contribution in [0, 0.1) is 5.92 Å². The first kappa shape index (κ1) is 18.9. The van der Waals surface area contributed by atoms with Crippen molar-refractivity contribution in [3.05, 3.63) is 35.9 Å². The molecule has 7 nitrogen and oxygen atoms in total. The third-order valence-corrected chi connectivity index (χ3v) is 8.00. The van der Waals surface area contributed by atoms with Crippen molar-refractivity contribution in [3.63, 3.8) is 0 Å². The molecular weight excluding hydrogens is 366 g/mol. The molecule has 0 aromatic heterocycles. The number of carbonyl (C=O) groups is 1. The van der Waals surface area contributed by atoms with Crippen LogP contribution in [0.1, 0.15) is 16.8 Å². The van der Waals surface area contributed by atoms with Crippen LogP contribution in [0.3, 0.4) is 0 Å². The van der Waals surface area contributed by atoms with E-state index in [1.54, 1.807) is 21.3 Å². The highest BCUT2D eigenvalue weighted by Crippen LogP contribution is 2.27. The van der Waals surface area contributed by atoms with E-state index < -0.39 is 15.3 Å². The molecule has 8 heteroatoms. The molecule has 1 atom stereocenters. The van der Waals surface area contributed by atoms with E-state index in [2.05, 4.69) is 4.90 Å². The number of ether oxygens (including phenoxy) is 1. The standard InChI is InChI=1S/C19H27N3O4S/c23-19(17-4-2-1-3-5-17)21-14-18(15-21)27(24,25)22-7-6-16(13-22)12-20-8-10-26-11-9-20/h1-5,16,18H,6-15H2/t16-/m1/s1. The molecule has 1 aromatic rings. The molecule has 3 aliphatic rings. The van der Waals surface area contributed by atoms with Gasteiger partial charge < -0.3 is 9.64 Å². The van der Waals surface area contributed by atoms with Crippen LogP contribution in [-0.2, 0) is 14.8 Å². The van der Waals surface area contributed by atoms with Gasteiger partial charge in [0.25, 0.3) is 5.91 Å². The minimum atomic E-state index is -3.33. The fourth-order valence-electron chi connectivity index (χ4n) is 4.09. The minimum absolute atomic E-state index is 0.0892. The highest BCUT2D eigenvalue weighted by atomic mass is 32.2. The van der Waals surface area contributed by atoms with Gasteiger partial charge in [-0.1, -0.05) is 18.2 Å². The second-order valence-electron chi connectivity index (χ2n) is 7.67. The molecule has 3 fully saturated rings. The van der Waals surface area contributed by atoms with Gasteiger partial charge in [-0.3, -0.25) is 9.69 Å². The minimum Gasteiger partial charge on any atom is -0.379 e. The summed E-state index contributed by atoms with van der Waals surface area (Å²) in [5.74, 6) is 0.300. The van der Waals surface area contributed by atoms with Gasteiger partial charge in [-0.05, 0) is 24.5 Å². The Labute approximate surface area is 160 Å². The Morgan fingerprint density at radius 1 is 1.04 bits per heavy atom. The molecule has 3 heterocycles. The maximum absolute atomic E-state index is 12.9. The fourth-order valence-corrected chi connectivity index (χ4v) is 6.03. The van der Waals surface area contributed by atoms with E-state index in [0.29, 0.717) is 37.7 Å². The Balaban J connectivity index is 1.29. The van der Waals surface area contributed by atoms with Crippen molar-refractivity contribution in [3.8, 4) is 0 Å². The number of rotatable bonds is 5. The van der Waals surface area contributed by atoms with Gasteiger partial charge in [0.05, 0.1) is 13.2 Å². The molecule has 27 heavy (non-hydrogen) atoms. The number of hydrogen-bond acceptors (Lipinski definition) is 5. The molecule has 0 saturated carbocycles. The number of nitrogens with zero attached hydrogens (tertiary/aromatic N) is 3. The Kier molecular flexibility index (Phi) is 5.50. The molecule has 3 aliphatic heterocycles. The van der Waals surface area contributed by atoms with Crippen molar-refractivity contribution in [2.75, 3.05) is 59.0 Å². The molecule has 0 unspecified atom stereocenters. The normalized spacial score (nSPS) is 25.5. The number of amides is 1. The van der Waals surface area contributed by atoms with Crippen molar-refractivity contribution >= 4 is 15.9 Å². The number of sulfonamides is 1. The summed E-state index contributed by atoms with van der Waals surface area (Å²) in [6.45, 7) is 6.12. The van der Waals surface area contributed by atoms with Gasteiger partial charge in [0.1, 0.15) is 5.25 Å². The molecular formula is C19H27N3O4S. The Hall–Kier alpha value is -1.48. The van der Waals surface area contributed by atoms with E-state index in [-0.39, 0.29) is 5.91 Å². The molecule has 0 spiro atoms. The third-order valence-electron chi connectivity index (χ3n) is 5.81. The third kappa shape index (κ3) is 4.03. The smallest absolute Gasteiger partial charge is 0.253 e. The quantitative estimate of drug-likeness (QED) is 0.728. The SMILES string of the molecule is O=C(c1ccccc1)N1CC(S(=O)(=O)N2CC[C@H](CN3CCOCC3)C2)C1. The Morgan fingerprint density at radius 3 is 2.44 bits per heavy atom. The Morgan fingerprint density at radius 2 is 1.74 bits per heavy atom. The zero-order valence-corrected chi connectivity index (χ0v) is 16.3. The lowest BCUT2D eigenvalue weighted by molar-refractivity contribution is 0.0315. The highest BCUT2D eigenvalue weighted by Gasteiger charge is 2.44. The van der Waals surface area contributed by atoms with E-state index in [9.17, 15) is 13.2 Å². The average Bonchev–Trinajstić information content (AvgIpc) is 3.11. The van der Waals surface area contributed by atoms with E-state index in [0.717, 1.165) is 39.3 Å². The van der Waals surface area contributed by atoms with Gasteiger partial charge in [0.2, 0.25) is 10.0 Å². The number of carbonyl (C=O) groups excluding carboxylic acids is 1. The summed E-state index contributed by atoms with van der Waals surface area (Å²) in [5, 5.41) is -0.465. The second-order valence-corrected chi connectivity index (χ2v) is 9.88. The topological polar surface area (TPSA) is 70.2 Å². The van der Waals surface area contributed by atoms with Gasteiger partial charge in [-0.15, -0.1) is 0 Å². The summed E-state index contributed by atoms with van der Waals surface area (Å²) in [5.41, 5.74) is 0.611. The van der Waals surface area contributed by atoms with Crippen LogP contribution in [-0.4, -0.2) is 92.7 Å². The number of likely N-dealkylation sites (tertiary alicyclic amines) is 1. The van der Waals surface area contributed by atoms with Crippen molar-refractivity contribution in [1.82, 2.24) is 14.1 Å². The molecule has 148 valence electrons. The lowest BCUT2D eigenvalue weighted by atomic mass is 10.1. The van der Waals surface area contributed by atoms with Crippen LogP contribution in [0.25, 0.3) is 0 Å². The van der Waals surface area contributed by atoms with Crippen LogP contribution in [0.2, 0.25) is 0 Å². The van der Waals surface area contributed by atoms with E-state index in [4.69, 9.17) is 4.74 Å². The van der Waals surface area contributed by atoms with Crippen LogP contribution >= 0.6 is 0 Å². The predicted molar refractivity (Wildman–Crippen MR) is 102 cm³/mol. The van der Waals surface area contributed by atoms with Gasteiger partial charge in [0.15, 0.2) is 0 Å². The molecule has 0 bridgehead atoms. The van der Waals surface area contributed by atoms with E-state index >= 15 is 0 Å². The summed E-state index contributed by atoms with van der Waals surface area (Å²) < 4.78 is 32.8. The first-order chi connectivity index (χ1) is 13.0. The first-order valence-corrected chi connectivity index (χ1v) is 11.2. The lowest BCUT2D eigenvalue weighted by Crippen LogP contribution is -2.59. The predicted octanol–water partition coefficient (Wildman–Crippen LogP) is 0.495. The molecule has 4 rings (SSSR count). The van der Waals surface area contributed by atoms with Crippen LogP contribution in [0.15, 0.2) is 30.3 Å².